The third kappa shape index (κ3) is 2.13. The Morgan fingerprint density at radius 1 is 1.21 bits per heavy atom. The van der Waals surface area contributed by atoms with Crippen molar-refractivity contribution in [2.45, 2.75) is 6.54 Å². The van der Waals surface area contributed by atoms with Crippen molar-refractivity contribution in [2.24, 2.45) is 5.73 Å². The first-order chi connectivity index (χ1) is 9.28. The number of nitrogens with zero attached hydrogens (tertiary/aromatic N) is 5. The van der Waals surface area contributed by atoms with Gasteiger partial charge in [0.15, 0.2) is 11.5 Å². The van der Waals surface area contributed by atoms with E-state index in [2.05, 4.69) is 15.1 Å². The number of nitrogens with two attached hydrogens (primary N) is 1. The molecule has 0 unspecified atom stereocenters. The van der Waals surface area contributed by atoms with Crippen molar-refractivity contribution in [3.63, 3.8) is 0 Å². The van der Waals surface area contributed by atoms with Gasteiger partial charge in [0, 0.05) is 31.7 Å². The molecule has 0 saturated heterocycles. The van der Waals surface area contributed by atoms with Crippen LogP contribution in [0.2, 0.25) is 0 Å². The first-order valence-corrected chi connectivity index (χ1v) is 5.97. The molecule has 3 rings (SSSR count). The van der Waals surface area contributed by atoms with Crippen LogP contribution in [0.5, 0.6) is 0 Å². The summed E-state index contributed by atoms with van der Waals surface area (Å²) in [4.78, 5) is 10.4. The summed E-state index contributed by atoms with van der Waals surface area (Å²) in [5.74, 6) is 0.833. The van der Waals surface area contributed by atoms with E-state index >= 15 is 0 Å². The van der Waals surface area contributed by atoms with Gasteiger partial charge < -0.3 is 10.6 Å². The van der Waals surface area contributed by atoms with E-state index in [4.69, 9.17) is 5.73 Å². The SMILES string of the molecule is CN(c1ccncc1)c1ccc2nc(CN)cn2n1. The lowest BCUT2D eigenvalue weighted by Crippen LogP contribution is -2.12. The van der Waals surface area contributed by atoms with Crippen molar-refractivity contribution in [1.82, 2.24) is 19.6 Å². The lowest BCUT2D eigenvalue weighted by molar-refractivity contribution is 0.909. The Morgan fingerprint density at radius 2 is 2.00 bits per heavy atom. The van der Waals surface area contributed by atoms with E-state index < -0.39 is 0 Å². The zero-order chi connectivity index (χ0) is 13.2. The highest BCUT2D eigenvalue weighted by Crippen LogP contribution is 2.20. The van der Waals surface area contributed by atoms with Gasteiger partial charge in [-0.15, -0.1) is 5.10 Å². The summed E-state index contributed by atoms with van der Waals surface area (Å²) >= 11 is 0. The fraction of sp³-hybridized carbons (Fsp3) is 0.154. The molecule has 6 heteroatoms. The molecule has 0 aliphatic rings. The van der Waals surface area contributed by atoms with Gasteiger partial charge in [-0.25, -0.2) is 9.50 Å². The van der Waals surface area contributed by atoms with Gasteiger partial charge in [-0.05, 0) is 24.3 Å². The summed E-state index contributed by atoms with van der Waals surface area (Å²) in [6.45, 7) is 0.416. The molecule has 0 fully saturated rings. The van der Waals surface area contributed by atoms with Crippen LogP contribution in [0.3, 0.4) is 0 Å². The maximum atomic E-state index is 5.58. The van der Waals surface area contributed by atoms with Crippen molar-refractivity contribution < 1.29 is 0 Å². The first kappa shape index (κ1) is 11.6. The Morgan fingerprint density at radius 3 is 2.74 bits per heavy atom. The Bertz CT molecular complexity index is 691. The first-order valence-electron chi connectivity index (χ1n) is 5.97. The van der Waals surface area contributed by atoms with Gasteiger partial charge in [-0.2, -0.15) is 0 Å². The summed E-state index contributed by atoms with van der Waals surface area (Å²) in [5.41, 5.74) is 8.24. The lowest BCUT2D eigenvalue weighted by atomic mass is 10.3. The predicted molar refractivity (Wildman–Crippen MR) is 73.2 cm³/mol. The minimum atomic E-state index is 0.416. The van der Waals surface area contributed by atoms with Crippen molar-refractivity contribution in [2.75, 3.05) is 11.9 Å². The van der Waals surface area contributed by atoms with E-state index in [9.17, 15) is 0 Å². The Balaban J connectivity index is 2.01. The molecule has 0 saturated carbocycles. The lowest BCUT2D eigenvalue weighted by Gasteiger charge is -2.17. The smallest absolute Gasteiger partial charge is 0.153 e. The van der Waals surface area contributed by atoms with Crippen LogP contribution < -0.4 is 10.6 Å². The zero-order valence-corrected chi connectivity index (χ0v) is 10.6. The topological polar surface area (TPSA) is 72.3 Å². The van der Waals surface area contributed by atoms with Crippen LogP contribution in [-0.2, 0) is 6.54 Å². The van der Waals surface area contributed by atoms with Crippen LogP contribution in [0.25, 0.3) is 5.65 Å². The molecule has 0 atom stereocenters. The molecule has 19 heavy (non-hydrogen) atoms. The summed E-state index contributed by atoms with van der Waals surface area (Å²) < 4.78 is 1.75. The van der Waals surface area contributed by atoms with Gasteiger partial charge in [-0.3, -0.25) is 4.98 Å². The van der Waals surface area contributed by atoms with E-state index in [-0.39, 0.29) is 0 Å². The number of pyridine rings is 1. The van der Waals surface area contributed by atoms with Crippen molar-refractivity contribution in [1.29, 1.82) is 0 Å². The fourth-order valence-corrected chi connectivity index (χ4v) is 1.90. The summed E-state index contributed by atoms with van der Waals surface area (Å²) in [5, 5.41) is 4.52. The highest BCUT2D eigenvalue weighted by atomic mass is 15.3. The van der Waals surface area contributed by atoms with Gasteiger partial charge in [0.25, 0.3) is 0 Å². The monoisotopic (exact) mass is 254 g/mol. The number of hydrogen-bond donors (Lipinski definition) is 1. The van der Waals surface area contributed by atoms with Crippen LogP contribution in [0.15, 0.2) is 42.9 Å². The molecule has 0 aromatic carbocycles. The second-order valence-corrected chi connectivity index (χ2v) is 4.20. The maximum Gasteiger partial charge on any atom is 0.153 e. The van der Waals surface area contributed by atoms with Crippen LogP contribution >= 0.6 is 0 Å². The molecule has 0 spiro atoms. The highest BCUT2D eigenvalue weighted by Gasteiger charge is 2.07. The molecule has 3 heterocycles. The standard InChI is InChI=1S/C13H14N6/c1-18(11-4-6-15-7-5-11)13-3-2-12-16-10(8-14)9-19(12)17-13/h2-7,9H,8,14H2,1H3. The fourth-order valence-electron chi connectivity index (χ4n) is 1.90. The van der Waals surface area contributed by atoms with Gasteiger partial charge in [0.1, 0.15) is 0 Å². The Hall–Kier alpha value is -2.47. The Kier molecular flexibility index (Phi) is 2.85. The van der Waals surface area contributed by atoms with Crippen LogP contribution in [0.4, 0.5) is 11.5 Å². The molecule has 0 bridgehead atoms. The molecular weight excluding hydrogens is 240 g/mol. The minimum Gasteiger partial charge on any atom is -0.328 e. The quantitative estimate of drug-likeness (QED) is 0.763. The molecule has 96 valence electrons. The van der Waals surface area contributed by atoms with Gasteiger partial charge in [0.2, 0.25) is 0 Å². The van der Waals surface area contributed by atoms with Crippen molar-refractivity contribution in [3.05, 3.63) is 48.5 Å². The van der Waals surface area contributed by atoms with Crippen molar-refractivity contribution in [3.8, 4) is 0 Å². The number of anilines is 2. The predicted octanol–water partition coefficient (Wildman–Crippen LogP) is 1.35. The summed E-state index contributed by atoms with van der Waals surface area (Å²) in [6, 6.07) is 7.73. The third-order valence-corrected chi connectivity index (χ3v) is 2.96. The normalized spacial score (nSPS) is 10.8. The van der Waals surface area contributed by atoms with Crippen LogP contribution in [0.1, 0.15) is 5.69 Å². The average Bonchev–Trinajstić information content (AvgIpc) is 2.89. The minimum absolute atomic E-state index is 0.416. The molecule has 0 amide bonds. The number of imidazole rings is 1. The largest absolute Gasteiger partial charge is 0.328 e. The van der Waals surface area contributed by atoms with Gasteiger partial charge >= 0.3 is 0 Å². The highest BCUT2D eigenvalue weighted by molar-refractivity contribution is 5.59. The maximum absolute atomic E-state index is 5.58. The second-order valence-electron chi connectivity index (χ2n) is 4.20. The zero-order valence-electron chi connectivity index (χ0n) is 10.6. The van der Waals surface area contributed by atoms with E-state index in [0.29, 0.717) is 6.54 Å². The van der Waals surface area contributed by atoms with Gasteiger partial charge in [-0.1, -0.05) is 0 Å². The average molecular weight is 254 g/mol. The van der Waals surface area contributed by atoms with Crippen LogP contribution in [0, 0.1) is 0 Å². The molecule has 3 aromatic rings. The Labute approximate surface area is 110 Å². The molecular formula is C13H14N6. The van der Waals surface area contributed by atoms with E-state index in [1.165, 1.54) is 0 Å². The second kappa shape index (κ2) is 4.66. The van der Waals surface area contributed by atoms with Crippen LogP contribution in [-0.4, -0.2) is 26.6 Å². The molecule has 2 N–H and O–H groups in total. The van der Waals surface area contributed by atoms with Gasteiger partial charge in [0.05, 0.1) is 11.9 Å². The molecule has 6 nitrogen and oxygen atoms in total. The van der Waals surface area contributed by atoms with E-state index in [1.807, 2.05) is 42.4 Å². The molecule has 3 aromatic heterocycles. The number of rotatable bonds is 3. The molecule has 0 aliphatic carbocycles. The van der Waals surface area contributed by atoms with Crippen molar-refractivity contribution >= 4 is 17.2 Å². The van der Waals surface area contributed by atoms with E-state index in [0.717, 1.165) is 22.8 Å². The molecule has 0 aliphatic heterocycles. The number of hydrogen-bond acceptors (Lipinski definition) is 5. The number of aromatic nitrogens is 4. The molecule has 0 radical (unpaired) electrons. The third-order valence-electron chi connectivity index (χ3n) is 2.96. The van der Waals surface area contributed by atoms with E-state index in [1.54, 1.807) is 16.9 Å². The summed E-state index contributed by atoms with van der Waals surface area (Å²) in [6.07, 6.45) is 5.36. The summed E-state index contributed by atoms with van der Waals surface area (Å²) in [7, 11) is 1.96. The number of fused-ring (bicyclic) bond motifs is 1.